The molecule has 0 N–H and O–H groups in total. The lowest BCUT2D eigenvalue weighted by atomic mass is 10.3. The SMILES string of the molecule is CCC/C=C/C#C/C=C/[Si](C)(C)C. The molecule has 0 radical (unpaired) electrons. The van der Waals surface area contributed by atoms with Gasteiger partial charge in [0.05, 0.1) is 8.07 Å². The lowest BCUT2D eigenvalue weighted by molar-refractivity contribution is 0.959. The normalized spacial score (nSPS) is 12.0. The highest BCUT2D eigenvalue weighted by Crippen LogP contribution is 2.00. The summed E-state index contributed by atoms with van der Waals surface area (Å²) in [4.78, 5) is 0. The molecule has 0 amide bonds. The average molecular weight is 192 g/mol. The van der Waals surface area contributed by atoms with Gasteiger partial charge in [-0.05, 0) is 18.6 Å². The molecule has 0 saturated heterocycles. The molecule has 0 nitrogen and oxygen atoms in total. The van der Waals surface area contributed by atoms with Gasteiger partial charge in [-0.3, -0.25) is 0 Å². The van der Waals surface area contributed by atoms with Crippen molar-refractivity contribution in [2.45, 2.75) is 39.4 Å². The Bertz CT molecular complexity index is 230. The van der Waals surface area contributed by atoms with Crippen LogP contribution in [0.2, 0.25) is 19.6 Å². The zero-order valence-corrected chi connectivity index (χ0v) is 10.2. The Morgan fingerprint density at radius 2 is 1.69 bits per heavy atom. The van der Waals surface area contributed by atoms with Crippen LogP contribution in [-0.2, 0) is 0 Å². The second-order valence-corrected chi connectivity index (χ2v) is 9.24. The van der Waals surface area contributed by atoms with E-state index in [2.05, 4.69) is 50.2 Å². The van der Waals surface area contributed by atoms with Gasteiger partial charge in [0.1, 0.15) is 0 Å². The fraction of sp³-hybridized carbons (Fsp3) is 0.500. The molecule has 0 bridgehead atoms. The zero-order valence-electron chi connectivity index (χ0n) is 9.22. The number of allylic oxidation sites excluding steroid dienone is 3. The summed E-state index contributed by atoms with van der Waals surface area (Å²) < 4.78 is 0. The molecular formula is C12H20Si. The van der Waals surface area contributed by atoms with Crippen LogP contribution in [0, 0.1) is 11.8 Å². The summed E-state index contributed by atoms with van der Waals surface area (Å²) in [5.41, 5.74) is 2.26. The van der Waals surface area contributed by atoms with Gasteiger partial charge in [-0.1, -0.05) is 56.6 Å². The molecule has 0 heterocycles. The molecule has 0 unspecified atom stereocenters. The molecule has 0 atom stereocenters. The van der Waals surface area contributed by atoms with Crippen molar-refractivity contribution in [3.63, 3.8) is 0 Å². The average Bonchev–Trinajstić information content (AvgIpc) is 2.01. The van der Waals surface area contributed by atoms with Crippen LogP contribution in [0.3, 0.4) is 0 Å². The first-order valence-corrected chi connectivity index (χ1v) is 8.48. The second-order valence-electron chi connectivity index (χ2n) is 4.18. The monoisotopic (exact) mass is 192 g/mol. The first-order valence-electron chi connectivity index (χ1n) is 4.90. The molecule has 1 heteroatoms. The first kappa shape index (κ1) is 12.3. The van der Waals surface area contributed by atoms with Crippen molar-refractivity contribution < 1.29 is 0 Å². The molecule has 0 rings (SSSR count). The fourth-order valence-electron chi connectivity index (χ4n) is 0.697. The van der Waals surface area contributed by atoms with Crippen LogP contribution >= 0.6 is 0 Å². The Balaban J connectivity index is 3.80. The van der Waals surface area contributed by atoms with E-state index >= 15 is 0 Å². The molecule has 0 spiro atoms. The number of unbranched alkanes of at least 4 members (excludes halogenated alkanes) is 1. The summed E-state index contributed by atoms with van der Waals surface area (Å²) in [5.74, 6) is 6.02. The van der Waals surface area contributed by atoms with Crippen molar-refractivity contribution >= 4 is 8.07 Å². The maximum atomic E-state index is 3.02. The van der Waals surface area contributed by atoms with Crippen LogP contribution in [0.5, 0.6) is 0 Å². The summed E-state index contributed by atoms with van der Waals surface area (Å²) in [6.45, 7) is 9.08. The summed E-state index contributed by atoms with van der Waals surface area (Å²) >= 11 is 0. The van der Waals surface area contributed by atoms with Gasteiger partial charge in [0.25, 0.3) is 0 Å². The molecule has 0 aliphatic carbocycles. The van der Waals surface area contributed by atoms with Gasteiger partial charge in [-0.25, -0.2) is 0 Å². The summed E-state index contributed by atoms with van der Waals surface area (Å²) in [7, 11) is -1.04. The van der Waals surface area contributed by atoms with Gasteiger partial charge >= 0.3 is 0 Å². The van der Waals surface area contributed by atoms with Crippen molar-refractivity contribution in [1.82, 2.24) is 0 Å². The largest absolute Gasteiger partial charge is 0.0868 e. The molecule has 13 heavy (non-hydrogen) atoms. The molecule has 0 aliphatic rings. The maximum absolute atomic E-state index is 3.02. The highest BCUT2D eigenvalue weighted by molar-refractivity contribution is 6.81. The smallest absolute Gasteiger partial charge is 0.0695 e. The fourth-order valence-corrected chi connectivity index (χ4v) is 1.28. The van der Waals surface area contributed by atoms with Crippen LogP contribution in [0.1, 0.15) is 19.8 Å². The third-order valence-corrected chi connectivity index (χ3v) is 2.57. The lowest BCUT2D eigenvalue weighted by Gasteiger charge is -2.05. The molecule has 0 aromatic heterocycles. The quantitative estimate of drug-likeness (QED) is 0.471. The highest BCUT2D eigenvalue weighted by Gasteiger charge is 2.05. The van der Waals surface area contributed by atoms with Gasteiger partial charge < -0.3 is 0 Å². The van der Waals surface area contributed by atoms with Crippen LogP contribution < -0.4 is 0 Å². The summed E-state index contributed by atoms with van der Waals surface area (Å²) in [6, 6.07) is 0. The Kier molecular flexibility index (Phi) is 6.35. The van der Waals surface area contributed by atoms with Crippen LogP contribution in [0.15, 0.2) is 23.9 Å². The second kappa shape index (κ2) is 6.74. The molecule has 0 aromatic rings. The predicted octanol–water partition coefficient (Wildman–Crippen LogP) is 3.78. The zero-order chi connectivity index (χ0) is 10.2. The Morgan fingerprint density at radius 1 is 1.08 bits per heavy atom. The molecular weight excluding hydrogens is 172 g/mol. The number of rotatable bonds is 3. The standard InChI is InChI=1S/C12H20Si/c1-5-6-7-8-9-10-11-12-13(2,3)4/h7-8,11-12H,5-6H2,1-4H3/b8-7+,12-11+. The van der Waals surface area contributed by atoms with E-state index in [9.17, 15) is 0 Å². The summed E-state index contributed by atoms with van der Waals surface area (Å²) in [6.07, 6.45) is 8.38. The van der Waals surface area contributed by atoms with Crippen LogP contribution in [-0.4, -0.2) is 8.07 Å². The van der Waals surface area contributed by atoms with Crippen LogP contribution in [0.4, 0.5) is 0 Å². The van der Waals surface area contributed by atoms with E-state index in [-0.39, 0.29) is 0 Å². The van der Waals surface area contributed by atoms with Gasteiger partial charge in [0.2, 0.25) is 0 Å². The van der Waals surface area contributed by atoms with Crippen molar-refractivity contribution in [3.05, 3.63) is 23.9 Å². The molecule has 0 fully saturated rings. The molecule has 72 valence electrons. The van der Waals surface area contributed by atoms with Crippen LogP contribution in [0.25, 0.3) is 0 Å². The van der Waals surface area contributed by atoms with Gasteiger partial charge in [-0.15, -0.1) is 0 Å². The number of hydrogen-bond acceptors (Lipinski definition) is 0. The van der Waals surface area contributed by atoms with E-state index in [0.717, 1.165) is 6.42 Å². The Morgan fingerprint density at radius 3 is 2.23 bits per heavy atom. The predicted molar refractivity (Wildman–Crippen MR) is 64.3 cm³/mol. The number of hydrogen-bond donors (Lipinski definition) is 0. The third-order valence-electron chi connectivity index (χ3n) is 1.41. The Labute approximate surface area is 83.8 Å². The van der Waals surface area contributed by atoms with E-state index in [1.54, 1.807) is 0 Å². The van der Waals surface area contributed by atoms with E-state index in [4.69, 9.17) is 0 Å². The van der Waals surface area contributed by atoms with Crippen molar-refractivity contribution in [2.24, 2.45) is 0 Å². The summed E-state index contributed by atoms with van der Waals surface area (Å²) in [5, 5.41) is 0. The minimum absolute atomic E-state index is 1.04. The van der Waals surface area contributed by atoms with Crippen molar-refractivity contribution in [2.75, 3.05) is 0 Å². The van der Waals surface area contributed by atoms with E-state index in [1.807, 2.05) is 12.2 Å². The van der Waals surface area contributed by atoms with E-state index in [0.29, 0.717) is 0 Å². The molecule has 0 aromatic carbocycles. The van der Waals surface area contributed by atoms with E-state index < -0.39 is 8.07 Å². The van der Waals surface area contributed by atoms with Gasteiger partial charge in [0, 0.05) is 0 Å². The van der Waals surface area contributed by atoms with Crippen molar-refractivity contribution in [1.29, 1.82) is 0 Å². The van der Waals surface area contributed by atoms with Crippen molar-refractivity contribution in [3.8, 4) is 11.8 Å². The first-order chi connectivity index (χ1) is 6.06. The minimum Gasteiger partial charge on any atom is -0.0868 e. The highest BCUT2D eigenvalue weighted by atomic mass is 28.3. The van der Waals surface area contributed by atoms with Gasteiger partial charge in [-0.2, -0.15) is 0 Å². The lowest BCUT2D eigenvalue weighted by Crippen LogP contribution is -2.14. The topological polar surface area (TPSA) is 0 Å². The molecule has 0 aliphatic heterocycles. The minimum atomic E-state index is -1.04. The van der Waals surface area contributed by atoms with E-state index in [1.165, 1.54) is 6.42 Å². The molecule has 0 saturated carbocycles. The maximum Gasteiger partial charge on any atom is 0.0695 e. The third kappa shape index (κ3) is 11.3. The van der Waals surface area contributed by atoms with Gasteiger partial charge in [0.15, 0.2) is 0 Å². The Hall–Kier alpha value is -0.743.